The topological polar surface area (TPSA) is 74.2 Å². The number of hydrogen-bond acceptors (Lipinski definition) is 3. The summed E-state index contributed by atoms with van der Waals surface area (Å²) in [6, 6.07) is 9.77. The van der Waals surface area contributed by atoms with Gasteiger partial charge in [-0.25, -0.2) is 5.01 Å². The number of aromatic amines is 1. The number of carbonyl (C=O) groups is 2. The highest BCUT2D eigenvalue weighted by atomic mass is 16.2. The molecule has 0 aliphatic carbocycles. The summed E-state index contributed by atoms with van der Waals surface area (Å²) in [5, 5.41) is 8.60. The molecule has 0 unspecified atom stereocenters. The van der Waals surface area contributed by atoms with E-state index >= 15 is 0 Å². The Morgan fingerprint density at radius 2 is 1.89 bits per heavy atom. The van der Waals surface area contributed by atoms with Crippen molar-refractivity contribution in [1.29, 1.82) is 0 Å². The van der Waals surface area contributed by atoms with E-state index in [-0.39, 0.29) is 18.2 Å². The van der Waals surface area contributed by atoms with Crippen molar-refractivity contribution in [3.63, 3.8) is 0 Å². The summed E-state index contributed by atoms with van der Waals surface area (Å²) in [6.07, 6.45) is 1.05. The Morgan fingerprint density at radius 1 is 1.14 bits per heavy atom. The van der Waals surface area contributed by atoms with Gasteiger partial charge in [-0.15, -0.1) is 0 Å². The maximum absolute atomic E-state index is 13.1. The average molecular weight is 379 g/mol. The number of carbonyl (C=O) groups excluding carboxylic acids is 2. The molecule has 1 aromatic carbocycles. The number of hydrogen-bond donors (Lipinski definition) is 1. The molecule has 2 amide bonds. The van der Waals surface area contributed by atoms with Crippen molar-refractivity contribution in [2.45, 2.75) is 40.2 Å². The molecule has 1 aliphatic heterocycles. The van der Waals surface area contributed by atoms with Gasteiger partial charge in [-0.2, -0.15) is 5.10 Å². The molecule has 28 heavy (non-hydrogen) atoms. The van der Waals surface area contributed by atoms with E-state index < -0.39 is 0 Å². The summed E-state index contributed by atoms with van der Waals surface area (Å²) in [5.74, 6) is -0.220. The molecular weight excluding hydrogens is 354 g/mol. The smallest absolute Gasteiger partial charge is 0.290 e. The third kappa shape index (κ3) is 3.06. The number of nitrogens with zero attached hydrogens (tertiary/aromatic N) is 4. The number of hydrazine groups is 1. The maximum atomic E-state index is 13.1. The van der Waals surface area contributed by atoms with E-state index in [1.807, 2.05) is 45.0 Å². The van der Waals surface area contributed by atoms with Crippen LogP contribution in [0.5, 0.6) is 0 Å². The van der Waals surface area contributed by atoms with Gasteiger partial charge >= 0.3 is 0 Å². The molecule has 4 rings (SSSR count). The van der Waals surface area contributed by atoms with Crippen LogP contribution in [-0.2, 0) is 17.8 Å². The third-order valence-corrected chi connectivity index (χ3v) is 5.33. The molecule has 3 heterocycles. The molecule has 0 radical (unpaired) electrons. The van der Waals surface area contributed by atoms with E-state index in [9.17, 15) is 9.59 Å². The lowest BCUT2D eigenvalue weighted by Crippen LogP contribution is -2.46. The normalized spacial score (nSPS) is 14.2. The van der Waals surface area contributed by atoms with E-state index in [0.29, 0.717) is 25.3 Å². The first-order valence-corrected chi connectivity index (χ1v) is 9.72. The van der Waals surface area contributed by atoms with Gasteiger partial charge in [0.25, 0.3) is 5.91 Å². The summed E-state index contributed by atoms with van der Waals surface area (Å²) in [7, 11) is 0. The zero-order valence-corrected chi connectivity index (χ0v) is 16.5. The Labute approximate surface area is 163 Å². The fourth-order valence-corrected chi connectivity index (χ4v) is 3.98. The van der Waals surface area contributed by atoms with Gasteiger partial charge in [0.15, 0.2) is 0 Å². The predicted octanol–water partition coefficient (Wildman–Crippen LogP) is 2.83. The SMILES string of the molecule is CCn1nc(C)cc1C(=O)N1CCCN1C(=O)Cc1c(C)[nH]c2ccccc12. The number of rotatable bonds is 4. The van der Waals surface area contributed by atoms with Crippen LogP contribution in [0, 0.1) is 13.8 Å². The van der Waals surface area contributed by atoms with Crippen LogP contribution in [-0.4, -0.2) is 49.7 Å². The minimum atomic E-state index is -0.163. The van der Waals surface area contributed by atoms with Crippen LogP contribution < -0.4 is 0 Å². The molecule has 3 aromatic rings. The Bertz CT molecular complexity index is 1050. The van der Waals surface area contributed by atoms with E-state index in [1.165, 1.54) is 0 Å². The fourth-order valence-electron chi connectivity index (χ4n) is 3.98. The molecule has 7 nitrogen and oxygen atoms in total. The summed E-state index contributed by atoms with van der Waals surface area (Å²) in [5.41, 5.74) is 4.35. The van der Waals surface area contributed by atoms with Crippen molar-refractivity contribution in [2.24, 2.45) is 0 Å². The van der Waals surface area contributed by atoms with Gasteiger partial charge in [-0.05, 0) is 44.9 Å². The van der Waals surface area contributed by atoms with E-state index in [0.717, 1.165) is 34.3 Å². The number of nitrogens with one attached hydrogen (secondary N) is 1. The first-order chi connectivity index (χ1) is 13.5. The maximum Gasteiger partial charge on any atom is 0.290 e. The van der Waals surface area contributed by atoms with Crippen molar-refractivity contribution in [3.05, 3.63) is 53.0 Å². The molecule has 146 valence electrons. The van der Waals surface area contributed by atoms with Gasteiger partial charge < -0.3 is 4.98 Å². The van der Waals surface area contributed by atoms with Crippen LogP contribution in [0.25, 0.3) is 10.9 Å². The Kier molecular flexibility index (Phi) is 4.66. The van der Waals surface area contributed by atoms with Crippen LogP contribution in [0.1, 0.15) is 40.8 Å². The lowest BCUT2D eigenvalue weighted by molar-refractivity contribution is -0.139. The second-order valence-corrected chi connectivity index (χ2v) is 7.24. The first kappa shape index (κ1) is 18.3. The number of fused-ring (bicyclic) bond motifs is 1. The number of amides is 2. The highest BCUT2D eigenvalue weighted by Gasteiger charge is 2.33. The van der Waals surface area contributed by atoms with Gasteiger partial charge in [-0.1, -0.05) is 18.2 Å². The lowest BCUT2D eigenvalue weighted by atomic mass is 10.1. The molecule has 1 N–H and O–H groups in total. The molecule has 0 bridgehead atoms. The van der Waals surface area contributed by atoms with Crippen molar-refractivity contribution in [2.75, 3.05) is 13.1 Å². The van der Waals surface area contributed by atoms with Crippen molar-refractivity contribution < 1.29 is 9.59 Å². The molecule has 0 atom stereocenters. The number of benzene rings is 1. The molecule has 1 saturated heterocycles. The van der Waals surface area contributed by atoms with E-state index in [2.05, 4.69) is 10.1 Å². The summed E-state index contributed by atoms with van der Waals surface area (Å²) >= 11 is 0. The number of aryl methyl sites for hydroxylation is 3. The minimum Gasteiger partial charge on any atom is -0.358 e. The highest BCUT2D eigenvalue weighted by molar-refractivity contribution is 5.95. The van der Waals surface area contributed by atoms with E-state index in [4.69, 9.17) is 0 Å². The fraction of sp³-hybridized carbons (Fsp3) is 0.381. The van der Waals surface area contributed by atoms with Gasteiger partial charge in [0.1, 0.15) is 5.69 Å². The zero-order chi connectivity index (χ0) is 19.8. The number of para-hydroxylation sites is 1. The molecule has 1 fully saturated rings. The largest absolute Gasteiger partial charge is 0.358 e. The second-order valence-electron chi connectivity index (χ2n) is 7.24. The zero-order valence-electron chi connectivity index (χ0n) is 16.5. The van der Waals surface area contributed by atoms with Crippen LogP contribution >= 0.6 is 0 Å². The van der Waals surface area contributed by atoms with Crippen LogP contribution in [0.15, 0.2) is 30.3 Å². The average Bonchev–Trinajstić information content (AvgIpc) is 3.39. The monoisotopic (exact) mass is 379 g/mol. The lowest BCUT2D eigenvalue weighted by Gasteiger charge is -2.28. The molecule has 0 spiro atoms. The molecule has 7 heteroatoms. The van der Waals surface area contributed by atoms with Crippen molar-refractivity contribution in [1.82, 2.24) is 24.8 Å². The first-order valence-electron chi connectivity index (χ1n) is 9.72. The summed E-state index contributed by atoms with van der Waals surface area (Å²) in [6.45, 7) is 7.53. The van der Waals surface area contributed by atoms with Crippen LogP contribution in [0.3, 0.4) is 0 Å². The molecule has 1 aliphatic rings. The summed E-state index contributed by atoms with van der Waals surface area (Å²) in [4.78, 5) is 29.5. The summed E-state index contributed by atoms with van der Waals surface area (Å²) < 4.78 is 1.70. The number of aromatic nitrogens is 3. The van der Waals surface area contributed by atoms with Gasteiger partial charge in [0, 0.05) is 36.2 Å². The standard InChI is InChI=1S/C21H25N5O2/c1-4-24-19(12-14(2)23-24)21(28)26-11-7-10-25(26)20(27)13-17-15(3)22-18-9-6-5-8-16(17)18/h5-6,8-9,12,22H,4,7,10-11,13H2,1-3H3. The van der Waals surface area contributed by atoms with E-state index in [1.54, 1.807) is 20.8 Å². The van der Waals surface area contributed by atoms with Crippen LogP contribution in [0.4, 0.5) is 0 Å². The molecule has 2 aromatic heterocycles. The molecule has 0 saturated carbocycles. The number of H-pyrrole nitrogens is 1. The highest BCUT2D eigenvalue weighted by Crippen LogP contribution is 2.24. The van der Waals surface area contributed by atoms with Gasteiger partial charge in [0.05, 0.1) is 12.1 Å². The Balaban J connectivity index is 1.58. The van der Waals surface area contributed by atoms with Gasteiger partial charge in [-0.3, -0.25) is 19.3 Å². The van der Waals surface area contributed by atoms with Gasteiger partial charge in [0.2, 0.25) is 5.91 Å². The predicted molar refractivity (Wildman–Crippen MR) is 107 cm³/mol. The minimum absolute atomic E-state index is 0.0574. The third-order valence-electron chi connectivity index (χ3n) is 5.33. The van der Waals surface area contributed by atoms with Crippen molar-refractivity contribution in [3.8, 4) is 0 Å². The Morgan fingerprint density at radius 3 is 2.68 bits per heavy atom. The van der Waals surface area contributed by atoms with Crippen LogP contribution in [0.2, 0.25) is 0 Å². The second kappa shape index (κ2) is 7.14. The Hall–Kier alpha value is -3.09. The van der Waals surface area contributed by atoms with Crippen molar-refractivity contribution >= 4 is 22.7 Å². The molecular formula is C21H25N5O2. The quantitative estimate of drug-likeness (QED) is 0.757.